The third-order valence-electron chi connectivity index (χ3n) is 12.8. The maximum atomic E-state index is 12.9. The SMILES string of the molecule is CCCCCCCCC/C=C/CC/C=C/C(O)C(COP(=O)(O)OCC[N+](C)(C)C)NC(=O)CCCCCCCCCCCCCCCCC/C=C\CCCCCCCCCCCCCC. The predicted octanol–water partition coefficient (Wildman–Crippen LogP) is 17.0. The molecule has 1 amide bonds. The summed E-state index contributed by atoms with van der Waals surface area (Å²) in [5.74, 6) is -0.185. The van der Waals surface area contributed by atoms with Crippen LogP contribution in [-0.2, 0) is 18.4 Å². The number of aliphatic hydroxyl groups is 1. The van der Waals surface area contributed by atoms with Crippen molar-refractivity contribution in [1.29, 1.82) is 0 Å². The number of phosphoric ester groups is 1. The van der Waals surface area contributed by atoms with Crippen LogP contribution in [0, 0.1) is 0 Å². The van der Waals surface area contributed by atoms with Crippen molar-refractivity contribution in [1.82, 2.24) is 5.32 Å². The Morgan fingerprint density at radius 1 is 0.500 bits per heavy atom. The van der Waals surface area contributed by atoms with Crippen LogP contribution in [0.15, 0.2) is 36.5 Å². The Bertz CT molecular complexity index is 1170. The Morgan fingerprint density at radius 2 is 0.833 bits per heavy atom. The molecule has 0 aromatic carbocycles. The smallest absolute Gasteiger partial charge is 0.387 e. The van der Waals surface area contributed by atoms with Gasteiger partial charge in [0.1, 0.15) is 13.2 Å². The normalized spacial score (nSPS) is 14.2. The van der Waals surface area contributed by atoms with Gasteiger partial charge in [0.15, 0.2) is 0 Å². The monoisotopic (exact) mass is 952 g/mol. The van der Waals surface area contributed by atoms with Gasteiger partial charge in [0.05, 0.1) is 39.9 Å². The summed E-state index contributed by atoms with van der Waals surface area (Å²) in [6.07, 6.45) is 62.6. The molecule has 0 aliphatic heterocycles. The molecule has 0 saturated heterocycles. The number of aliphatic hydroxyl groups excluding tert-OH is 1. The summed E-state index contributed by atoms with van der Waals surface area (Å²) in [5, 5.41) is 13.9. The molecule has 0 radical (unpaired) electrons. The molecule has 0 aliphatic rings. The predicted molar refractivity (Wildman–Crippen MR) is 286 cm³/mol. The molecule has 66 heavy (non-hydrogen) atoms. The number of allylic oxidation sites excluding steroid dienone is 5. The third-order valence-corrected chi connectivity index (χ3v) is 13.8. The first-order chi connectivity index (χ1) is 32.0. The van der Waals surface area contributed by atoms with E-state index in [1.54, 1.807) is 6.08 Å². The molecule has 0 aliphatic carbocycles. The Morgan fingerprint density at radius 3 is 1.21 bits per heavy atom. The zero-order valence-corrected chi connectivity index (χ0v) is 45.3. The first-order valence-corrected chi connectivity index (χ1v) is 29.9. The Labute approximate surface area is 410 Å². The van der Waals surface area contributed by atoms with E-state index < -0.39 is 20.0 Å². The van der Waals surface area contributed by atoms with Crippen LogP contribution in [0.25, 0.3) is 0 Å². The van der Waals surface area contributed by atoms with Gasteiger partial charge >= 0.3 is 7.82 Å². The van der Waals surface area contributed by atoms with E-state index in [1.807, 2.05) is 27.2 Å². The van der Waals surface area contributed by atoms with Crippen molar-refractivity contribution in [3.63, 3.8) is 0 Å². The van der Waals surface area contributed by atoms with Crippen LogP contribution in [-0.4, -0.2) is 73.4 Å². The summed E-state index contributed by atoms with van der Waals surface area (Å²) in [5.41, 5.74) is 0. The van der Waals surface area contributed by atoms with Crippen LogP contribution in [0.2, 0.25) is 0 Å². The minimum Gasteiger partial charge on any atom is -0.387 e. The van der Waals surface area contributed by atoms with Crippen molar-refractivity contribution in [2.75, 3.05) is 40.9 Å². The maximum absolute atomic E-state index is 12.9. The number of nitrogens with one attached hydrogen (secondary N) is 1. The fraction of sp³-hybridized carbons (Fsp3) is 0.877. The molecule has 3 N–H and O–H groups in total. The van der Waals surface area contributed by atoms with Crippen LogP contribution >= 0.6 is 7.82 Å². The van der Waals surface area contributed by atoms with Crippen molar-refractivity contribution in [2.45, 2.75) is 283 Å². The molecule has 3 unspecified atom stereocenters. The highest BCUT2D eigenvalue weighted by atomic mass is 31.2. The van der Waals surface area contributed by atoms with E-state index in [2.05, 4.69) is 43.5 Å². The molecular formula is C57H112N2O6P+. The Hall–Kier alpha value is -1.28. The number of nitrogens with zero attached hydrogens (tertiary/aromatic N) is 1. The molecule has 0 rings (SSSR count). The largest absolute Gasteiger partial charge is 0.472 e. The van der Waals surface area contributed by atoms with Gasteiger partial charge in [-0.1, -0.05) is 243 Å². The molecule has 3 atom stereocenters. The average molecular weight is 953 g/mol. The van der Waals surface area contributed by atoms with E-state index in [0.717, 1.165) is 38.5 Å². The lowest BCUT2D eigenvalue weighted by Gasteiger charge is -2.25. The molecule has 0 aromatic heterocycles. The summed E-state index contributed by atoms with van der Waals surface area (Å²) in [6, 6.07) is -0.861. The van der Waals surface area contributed by atoms with E-state index in [-0.39, 0.29) is 19.1 Å². The van der Waals surface area contributed by atoms with Gasteiger partial charge in [-0.05, 0) is 57.8 Å². The second-order valence-electron chi connectivity index (χ2n) is 20.7. The standard InChI is InChI=1S/C57H111N2O6P/c1-6-8-10-12-14-16-18-20-21-22-23-24-25-26-27-28-29-30-31-32-33-34-35-36-37-39-41-43-45-47-49-51-57(61)58-55(54-65-66(62,63)64-53-52-59(3,4)5)56(60)50-48-46-44-42-40-38-19-17-15-13-11-9-7-2/h26-27,40,42,48,50,55-56,60H,6-25,28-39,41,43-47,49,51-54H2,1-5H3,(H-,58,61,62,63)/p+1/b27-26-,42-40+,50-48+. The molecule has 0 saturated carbocycles. The summed E-state index contributed by atoms with van der Waals surface area (Å²) in [6.45, 7) is 4.81. The summed E-state index contributed by atoms with van der Waals surface area (Å²) in [7, 11) is 1.56. The number of rotatable bonds is 52. The molecule has 0 bridgehead atoms. The highest BCUT2D eigenvalue weighted by molar-refractivity contribution is 7.47. The van der Waals surface area contributed by atoms with E-state index in [1.165, 1.54) is 212 Å². The minimum absolute atomic E-state index is 0.0570. The fourth-order valence-corrected chi connectivity index (χ4v) is 9.08. The third kappa shape index (κ3) is 50.6. The van der Waals surface area contributed by atoms with Crippen molar-refractivity contribution < 1.29 is 32.9 Å². The lowest BCUT2D eigenvalue weighted by atomic mass is 10.0. The van der Waals surface area contributed by atoms with Gasteiger partial charge in [-0.25, -0.2) is 4.57 Å². The van der Waals surface area contributed by atoms with Crippen LogP contribution in [0.3, 0.4) is 0 Å². The lowest BCUT2D eigenvalue weighted by molar-refractivity contribution is -0.870. The molecule has 8 nitrogen and oxygen atoms in total. The second-order valence-corrected chi connectivity index (χ2v) is 22.1. The number of hydrogen-bond donors (Lipinski definition) is 3. The van der Waals surface area contributed by atoms with E-state index in [0.29, 0.717) is 17.4 Å². The van der Waals surface area contributed by atoms with Crippen molar-refractivity contribution in [3.05, 3.63) is 36.5 Å². The van der Waals surface area contributed by atoms with Gasteiger partial charge in [0.25, 0.3) is 0 Å². The summed E-state index contributed by atoms with van der Waals surface area (Å²) in [4.78, 5) is 23.2. The number of unbranched alkanes of at least 4 members (excludes halogenated alkanes) is 35. The first kappa shape index (κ1) is 64.7. The molecular weight excluding hydrogens is 840 g/mol. The van der Waals surface area contributed by atoms with Crippen LogP contribution < -0.4 is 5.32 Å². The van der Waals surface area contributed by atoms with E-state index >= 15 is 0 Å². The molecule has 0 aromatic rings. The van der Waals surface area contributed by atoms with Gasteiger partial charge in [-0.3, -0.25) is 13.8 Å². The van der Waals surface area contributed by atoms with E-state index in [4.69, 9.17) is 9.05 Å². The number of hydrogen-bond acceptors (Lipinski definition) is 5. The fourth-order valence-electron chi connectivity index (χ4n) is 8.35. The lowest BCUT2D eigenvalue weighted by Crippen LogP contribution is -2.45. The van der Waals surface area contributed by atoms with Gasteiger partial charge in [0, 0.05) is 6.42 Å². The topological polar surface area (TPSA) is 105 Å². The number of phosphoric acid groups is 1. The van der Waals surface area contributed by atoms with Crippen molar-refractivity contribution >= 4 is 13.7 Å². The number of amides is 1. The van der Waals surface area contributed by atoms with Gasteiger partial charge in [-0.15, -0.1) is 0 Å². The van der Waals surface area contributed by atoms with E-state index in [9.17, 15) is 19.4 Å². The number of likely N-dealkylation sites (N-methyl/N-ethyl adjacent to an activating group) is 1. The molecule has 0 fully saturated rings. The molecule has 0 heterocycles. The van der Waals surface area contributed by atoms with Crippen LogP contribution in [0.5, 0.6) is 0 Å². The second kappa shape index (κ2) is 48.7. The van der Waals surface area contributed by atoms with Gasteiger partial charge in [-0.2, -0.15) is 0 Å². The highest BCUT2D eigenvalue weighted by Crippen LogP contribution is 2.43. The summed E-state index contributed by atoms with van der Waals surface area (Å²) < 4.78 is 23.6. The van der Waals surface area contributed by atoms with Crippen molar-refractivity contribution in [3.8, 4) is 0 Å². The zero-order chi connectivity index (χ0) is 48.5. The Balaban J connectivity index is 4.05. The average Bonchev–Trinajstić information content (AvgIpc) is 3.28. The van der Waals surface area contributed by atoms with Gasteiger partial charge < -0.3 is 19.8 Å². The Kier molecular flexibility index (Phi) is 47.8. The molecule has 390 valence electrons. The van der Waals surface area contributed by atoms with Gasteiger partial charge in [0.2, 0.25) is 5.91 Å². The number of carbonyl (C=O) groups is 1. The van der Waals surface area contributed by atoms with Crippen LogP contribution in [0.1, 0.15) is 271 Å². The minimum atomic E-state index is -4.35. The zero-order valence-electron chi connectivity index (χ0n) is 44.4. The maximum Gasteiger partial charge on any atom is 0.472 e. The first-order valence-electron chi connectivity index (χ1n) is 28.4. The molecule has 0 spiro atoms. The highest BCUT2D eigenvalue weighted by Gasteiger charge is 2.27. The van der Waals surface area contributed by atoms with Crippen molar-refractivity contribution in [2.24, 2.45) is 0 Å². The number of quaternary nitrogens is 1. The van der Waals surface area contributed by atoms with Crippen LogP contribution in [0.4, 0.5) is 0 Å². The quantitative estimate of drug-likeness (QED) is 0.0243. The number of carbonyl (C=O) groups excluding carboxylic acids is 1. The summed E-state index contributed by atoms with van der Waals surface area (Å²) >= 11 is 0. The molecule has 9 heteroatoms.